The molecule has 0 aromatic heterocycles. The maximum Gasteiger partial charge on any atom is 0.242 e. The average molecular weight is 371 g/mol. The van der Waals surface area contributed by atoms with Crippen molar-refractivity contribution in [3.8, 4) is 0 Å². The van der Waals surface area contributed by atoms with Crippen LogP contribution in [0.1, 0.15) is 37.3 Å². The first-order chi connectivity index (χ1) is 13.0. The minimum absolute atomic E-state index is 0.0817. The third kappa shape index (κ3) is 5.67. The number of carbonyl (C=O) groups is 3. The molecule has 2 N–H and O–H groups in total. The van der Waals surface area contributed by atoms with Crippen molar-refractivity contribution in [2.75, 3.05) is 13.1 Å². The number of nitrogens with zero attached hydrogens (tertiary/aromatic N) is 1. The number of likely N-dealkylation sites (tertiary alicyclic amines) is 1. The monoisotopic (exact) mass is 371 g/mol. The smallest absolute Gasteiger partial charge is 0.242 e. The Balaban J connectivity index is 2.01. The third-order valence-corrected chi connectivity index (χ3v) is 4.81. The fourth-order valence-corrected chi connectivity index (χ4v) is 3.39. The molecule has 0 bridgehead atoms. The van der Waals surface area contributed by atoms with Crippen molar-refractivity contribution in [1.29, 1.82) is 0 Å². The highest BCUT2D eigenvalue weighted by atomic mass is 16.2. The van der Waals surface area contributed by atoms with E-state index in [-0.39, 0.29) is 23.8 Å². The zero-order chi connectivity index (χ0) is 19.8. The predicted molar refractivity (Wildman–Crippen MR) is 105 cm³/mol. The van der Waals surface area contributed by atoms with Gasteiger partial charge in [-0.1, -0.05) is 30.3 Å². The Labute approximate surface area is 161 Å². The summed E-state index contributed by atoms with van der Waals surface area (Å²) in [5, 5.41) is 5.77. The highest BCUT2D eigenvalue weighted by Gasteiger charge is 2.39. The van der Waals surface area contributed by atoms with Gasteiger partial charge in [0.15, 0.2) is 0 Å². The predicted octanol–water partition coefficient (Wildman–Crippen LogP) is 1.73. The number of amides is 3. The molecule has 0 saturated carbocycles. The standard InChI is InChI=1S/C21H29N3O3/c1-4-6-11-20(26)24-14-17(13-18(24)21(27)22-5-2)23-19(25)12-16-10-8-7-9-15(16)3/h4,7-10,17-18H,1,5-6,11-14H2,2-3H3,(H,22,27)(H,23,25)/t17-,18+/m1/s1. The lowest BCUT2D eigenvalue weighted by atomic mass is 10.1. The Morgan fingerprint density at radius 2 is 2.04 bits per heavy atom. The first-order valence-electron chi connectivity index (χ1n) is 9.48. The molecule has 0 aliphatic carbocycles. The Bertz CT molecular complexity index is 702. The van der Waals surface area contributed by atoms with E-state index in [9.17, 15) is 14.4 Å². The molecule has 1 saturated heterocycles. The van der Waals surface area contributed by atoms with Crippen LogP contribution in [0.3, 0.4) is 0 Å². The number of hydrogen-bond acceptors (Lipinski definition) is 3. The number of nitrogens with one attached hydrogen (secondary N) is 2. The number of hydrogen-bond donors (Lipinski definition) is 2. The van der Waals surface area contributed by atoms with Crippen LogP contribution >= 0.6 is 0 Å². The Morgan fingerprint density at radius 3 is 2.70 bits per heavy atom. The van der Waals surface area contributed by atoms with Crippen LogP contribution < -0.4 is 10.6 Å². The zero-order valence-corrected chi connectivity index (χ0v) is 16.2. The second-order valence-corrected chi connectivity index (χ2v) is 6.89. The minimum atomic E-state index is -0.536. The summed E-state index contributed by atoms with van der Waals surface area (Å²) < 4.78 is 0. The highest BCUT2D eigenvalue weighted by Crippen LogP contribution is 2.20. The van der Waals surface area contributed by atoms with Crippen molar-refractivity contribution in [3.63, 3.8) is 0 Å². The number of carbonyl (C=O) groups excluding carboxylic acids is 3. The molecule has 6 heteroatoms. The molecule has 6 nitrogen and oxygen atoms in total. The number of rotatable bonds is 8. The first kappa shape index (κ1) is 20.7. The van der Waals surface area contributed by atoms with Crippen molar-refractivity contribution < 1.29 is 14.4 Å². The topological polar surface area (TPSA) is 78.5 Å². The molecule has 2 rings (SSSR count). The van der Waals surface area contributed by atoms with E-state index in [4.69, 9.17) is 0 Å². The van der Waals surface area contributed by atoms with E-state index < -0.39 is 6.04 Å². The molecule has 0 spiro atoms. The van der Waals surface area contributed by atoms with E-state index in [1.54, 1.807) is 11.0 Å². The molecule has 1 fully saturated rings. The van der Waals surface area contributed by atoms with Gasteiger partial charge in [0.2, 0.25) is 17.7 Å². The van der Waals surface area contributed by atoms with Gasteiger partial charge in [0.05, 0.1) is 6.42 Å². The summed E-state index contributed by atoms with van der Waals surface area (Å²) in [6.45, 7) is 8.32. The van der Waals surface area contributed by atoms with Gasteiger partial charge < -0.3 is 15.5 Å². The van der Waals surface area contributed by atoms with Gasteiger partial charge in [0.25, 0.3) is 0 Å². The molecular formula is C21H29N3O3. The van der Waals surface area contributed by atoms with Crippen LogP contribution in [0.4, 0.5) is 0 Å². The summed E-state index contributed by atoms with van der Waals surface area (Å²) in [4.78, 5) is 38.9. The van der Waals surface area contributed by atoms with E-state index >= 15 is 0 Å². The van der Waals surface area contributed by atoms with Crippen LogP contribution in [0.25, 0.3) is 0 Å². The van der Waals surface area contributed by atoms with Crippen LogP contribution in [0.2, 0.25) is 0 Å². The largest absolute Gasteiger partial charge is 0.355 e. The lowest BCUT2D eigenvalue weighted by Crippen LogP contribution is -2.45. The minimum Gasteiger partial charge on any atom is -0.355 e. The van der Waals surface area contributed by atoms with Crippen molar-refractivity contribution in [2.24, 2.45) is 0 Å². The van der Waals surface area contributed by atoms with E-state index in [2.05, 4.69) is 17.2 Å². The first-order valence-corrected chi connectivity index (χ1v) is 9.48. The summed E-state index contributed by atoms with van der Waals surface area (Å²) in [5.41, 5.74) is 2.05. The third-order valence-electron chi connectivity index (χ3n) is 4.81. The van der Waals surface area contributed by atoms with Crippen molar-refractivity contribution in [1.82, 2.24) is 15.5 Å². The molecular weight excluding hydrogens is 342 g/mol. The molecule has 1 aromatic rings. The molecule has 0 radical (unpaired) electrons. The van der Waals surface area contributed by atoms with Gasteiger partial charge in [-0.15, -0.1) is 6.58 Å². The van der Waals surface area contributed by atoms with E-state index in [1.807, 2.05) is 38.1 Å². The normalized spacial score (nSPS) is 18.8. The molecule has 146 valence electrons. The number of likely N-dealkylation sites (N-methyl/N-ethyl adjacent to an activating group) is 1. The summed E-state index contributed by atoms with van der Waals surface area (Å²) in [5.74, 6) is -0.341. The van der Waals surface area contributed by atoms with Crippen molar-refractivity contribution >= 4 is 17.7 Å². The fourth-order valence-electron chi connectivity index (χ4n) is 3.39. The van der Waals surface area contributed by atoms with Crippen LogP contribution in [-0.4, -0.2) is 47.8 Å². The Kier molecular flexibility index (Phi) is 7.58. The van der Waals surface area contributed by atoms with Crippen LogP contribution in [0, 0.1) is 6.92 Å². The van der Waals surface area contributed by atoms with Crippen LogP contribution in [-0.2, 0) is 20.8 Å². The second kappa shape index (κ2) is 9.90. The van der Waals surface area contributed by atoms with Gasteiger partial charge in [-0.3, -0.25) is 14.4 Å². The molecule has 27 heavy (non-hydrogen) atoms. The van der Waals surface area contributed by atoms with Gasteiger partial charge >= 0.3 is 0 Å². The Hall–Kier alpha value is -2.63. The maximum absolute atomic E-state index is 12.5. The SMILES string of the molecule is C=CCCC(=O)N1C[C@H](NC(=O)Cc2ccccc2C)C[C@H]1C(=O)NCC. The van der Waals surface area contributed by atoms with Gasteiger partial charge in [-0.25, -0.2) is 0 Å². The molecule has 2 atom stereocenters. The molecule has 1 heterocycles. The number of benzene rings is 1. The lowest BCUT2D eigenvalue weighted by Gasteiger charge is -2.23. The number of allylic oxidation sites excluding steroid dienone is 1. The summed E-state index contributed by atoms with van der Waals surface area (Å²) in [7, 11) is 0. The Morgan fingerprint density at radius 1 is 1.30 bits per heavy atom. The average Bonchev–Trinajstić information content (AvgIpc) is 3.05. The van der Waals surface area contributed by atoms with E-state index in [1.165, 1.54) is 0 Å². The molecule has 0 unspecified atom stereocenters. The van der Waals surface area contributed by atoms with E-state index in [0.29, 0.717) is 38.8 Å². The van der Waals surface area contributed by atoms with Gasteiger partial charge in [-0.2, -0.15) is 0 Å². The highest BCUT2D eigenvalue weighted by molar-refractivity contribution is 5.89. The lowest BCUT2D eigenvalue weighted by molar-refractivity contribution is -0.138. The summed E-state index contributed by atoms with van der Waals surface area (Å²) in [6.07, 6.45) is 3.31. The van der Waals surface area contributed by atoms with Gasteiger partial charge in [0.1, 0.15) is 6.04 Å². The second-order valence-electron chi connectivity index (χ2n) is 6.89. The van der Waals surface area contributed by atoms with Crippen LogP contribution in [0.15, 0.2) is 36.9 Å². The maximum atomic E-state index is 12.5. The van der Waals surface area contributed by atoms with Crippen LogP contribution in [0.5, 0.6) is 0 Å². The van der Waals surface area contributed by atoms with Crippen molar-refractivity contribution in [2.45, 2.75) is 51.6 Å². The molecule has 1 aliphatic rings. The van der Waals surface area contributed by atoms with Gasteiger partial charge in [0, 0.05) is 25.6 Å². The van der Waals surface area contributed by atoms with E-state index in [0.717, 1.165) is 11.1 Å². The molecule has 3 amide bonds. The number of aryl methyl sites for hydroxylation is 1. The van der Waals surface area contributed by atoms with Crippen molar-refractivity contribution in [3.05, 3.63) is 48.0 Å². The molecule has 1 aromatic carbocycles. The summed E-state index contributed by atoms with van der Waals surface area (Å²) >= 11 is 0. The fraction of sp³-hybridized carbons (Fsp3) is 0.476. The summed E-state index contributed by atoms with van der Waals surface area (Å²) in [6, 6.07) is 7.01. The van der Waals surface area contributed by atoms with Gasteiger partial charge in [-0.05, 0) is 37.8 Å². The molecule has 1 aliphatic heterocycles. The quantitative estimate of drug-likeness (QED) is 0.683. The zero-order valence-electron chi connectivity index (χ0n) is 16.2.